The molecule has 0 radical (unpaired) electrons. The van der Waals surface area contributed by atoms with Crippen molar-refractivity contribution in [1.29, 1.82) is 0 Å². The number of sulfonamides is 1. The SMILES string of the molecule is Cc1ccc(C)c(C(=O)COC(=O)c2cc(S(=O)(=O)NCC(C)C)c(Cl)cc2Cl)c1. The highest BCUT2D eigenvalue weighted by Gasteiger charge is 2.24. The molecule has 0 spiro atoms. The number of rotatable bonds is 8. The molecule has 162 valence electrons. The van der Waals surface area contributed by atoms with Gasteiger partial charge in [-0.05, 0) is 43.5 Å². The van der Waals surface area contributed by atoms with Crippen LogP contribution in [0.4, 0.5) is 0 Å². The molecule has 9 heteroatoms. The number of hydrogen-bond acceptors (Lipinski definition) is 5. The lowest BCUT2D eigenvalue weighted by molar-refractivity contribution is 0.0474. The number of ether oxygens (including phenoxy) is 1. The molecule has 0 aliphatic carbocycles. The van der Waals surface area contributed by atoms with Gasteiger partial charge in [-0.25, -0.2) is 17.9 Å². The Morgan fingerprint density at radius 1 is 1.03 bits per heavy atom. The summed E-state index contributed by atoms with van der Waals surface area (Å²) in [6.45, 7) is 7.03. The maximum Gasteiger partial charge on any atom is 0.340 e. The van der Waals surface area contributed by atoms with Crippen molar-refractivity contribution in [2.75, 3.05) is 13.2 Å². The van der Waals surface area contributed by atoms with Crippen molar-refractivity contribution in [2.24, 2.45) is 5.92 Å². The van der Waals surface area contributed by atoms with Gasteiger partial charge >= 0.3 is 5.97 Å². The molecule has 0 saturated carbocycles. The fourth-order valence-electron chi connectivity index (χ4n) is 2.57. The number of carbonyl (C=O) groups excluding carboxylic acids is 2. The van der Waals surface area contributed by atoms with Crippen molar-refractivity contribution in [1.82, 2.24) is 4.72 Å². The normalized spacial score (nSPS) is 11.6. The maximum atomic E-state index is 12.5. The van der Waals surface area contributed by atoms with Crippen molar-refractivity contribution < 1.29 is 22.7 Å². The van der Waals surface area contributed by atoms with Crippen LogP contribution in [0.25, 0.3) is 0 Å². The van der Waals surface area contributed by atoms with Gasteiger partial charge in [-0.3, -0.25) is 4.79 Å². The molecule has 0 aliphatic rings. The molecule has 2 rings (SSSR count). The number of halogens is 2. The summed E-state index contributed by atoms with van der Waals surface area (Å²) < 4.78 is 32.6. The number of benzene rings is 2. The van der Waals surface area contributed by atoms with Crippen LogP contribution >= 0.6 is 23.2 Å². The van der Waals surface area contributed by atoms with Gasteiger partial charge in [-0.2, -0.15) is 0 Å². The predicted molar refractivity (Wildman–Crippen MR) is 117 cm³/mol. The zero-order valence-corrected chi connectivity index (χ0v) is 19.4. The van der Waals surface area contributed by atoms with E-state index in [4.69, 9.17) is 27.9 Å². The van der Waals surface area contributed by atoms with Gasteiger partial charge in [0, 0.05) is 12.1 Å². The maximum absolute atomic E-state index is 12.5. The minimum atomic E-state index is -3.96. The monoisotopic (exact) mass is 471 g/mol. The summed E-state index contributed by atoms with van der Waals surface area (Å²) in [7, 11) is -3.96. The largest absolute Gasteiger partial charge is 0.454 e. The summed E-state index contributed by atoms with van der Waals surface area (Å²) in [5.74, 6) is -1.22. The predicted octanol–water partition coefficient (Wildman–Crippen LogP) is 4.58. The van der Waals surface area contributed by atoms with Crippen LogP contribution in [-0.4, -0.2) is 33.3 Å². The van der Waals surface area contributed by atoms with Crippen LogP contribution in [0, 0.1) is 19.8 Å². The number of nitrogens with one attached hydrogen (secondary N) is 1. The average molecular weight is 472 g/mol. The first-order valence-electron chi connectivity index (χ1n) is 9.18. The summed E-state index contributed by atoms with van der Waals surface area (Å²) in [5.41, 5.74) is 1.92. The van der Waals surface area contributed by atoms with E-state index in [-0.39, 0.29) is 38.8 Å². The molecule has 0 unspecified atom stereocenters. The molecule has 0 amide bonds. The lowest BCUT2D eigenvalue weighted by Gasteiger charge is -2.13. The van der Waals surface area contributed by atoms with Crippen LogP contribution in [-0.2, 0) is 14.8 Å². The first-order chi connectivity index (χ1) is 13.9. The average Bonchev–Trinajstić information content (AvgIpc) is 2.66. The molecule has 0 saturated heterocycles. The molecule has 0 bridgehead atoms. The van der Waals surface area contributed by atoms with E-state index < -0.39 is 22.6 Å². The Bertz CT molecular complexity index is 1080. The minimum absolute atomic E-state index is 0.0754. The molecular formula is C21H23Cl2NO5S. The Hall–Kier alpha value is -1.93. The third-order valence-electron chi connectivity index (χ3n) is 4.24. The van der Waals surface area contributed by atoms with E-state index in [9.17, 15) is 18.0 Å². The molecular weight excluding hydrogens is 449 g/mol. The summed E-state index contributed by atoms with van der Waals surface area (Å²) in [6.07, 6.45) is 0. The number of carbonyl (C=O) groups is 2. The number of aryl methyl sites for hydroxylation is 2. The Morgan fingerprint density at radius 2 is 1.70 bits per heavy atom. The Kier molecular flexibility index (Phi) is 8.05. The zero-order valence-electron chi connectivity index (χ0n) is 17.1. The summed E-state index contributed by atoms with van der Waals surface area (Å²) in [5, 5.41) is -0.203. The second-order valence-corrected chi connectivity index (χ2v) is 9.88. The fraction of sp³-hybridized carbons (Fsp3) is 0.333. The topological polar surface area (TPSA) is 89.5 Å². The standard InChI is InChI=1S/C21H23Cl2NO5S/c1-12(2)10-24-30(27,28)20-8-16(17(22)9-18(20)23)21(26)29-11-19(25)15-7-13(3)5-6-14(15)4/h5-9,12,24H,10-11H2,1-4H3. The second kappa shape index (κ2) is 9.92. The van der Waals surface area contributed by atoms with E-state index in [1.54, 1.807) is 13.0 Å². The molecule has 0 aliphatic heterocycles. The third-order valence-corrected chi connectivity index (χ3v) is 6.44. The van der Waals surface area contributed by atoms with E-state index in [1.807, 2.05) is 32.9 Å². The molecule has 2 aromatic rings. The van der Waals surface area contributed by atoms with Crippen molar-refractivity contribution >= 4 is 45.0 Å². The minimum Gasteiger partial charge on any atom is -0.454 e. The van der Waals surface area contributed by atoms with E-state index in [0.717, 1.165) is 23.3 Å². The van der Waals surface area contributed by atoms with E-state index in [1.165, 1.54) is 0 Å². The first-order valence-corrected chi connectivity index (χ1v) is 11.4. The van der Waals surface area contributed by atoms with Gasteiger partial charge in [0.2, 0.25) is 15.8 Å². The molecule has 2 aromatic carbocycles. The molecule has 0 heterocycles. The van der Waals surface area contributed by atoms with Crippen LogP contribution < -0.4 is 4.72 Å². The van der Waals surface area contributed by atoms with E-state index in [0.29, 0.717) is 5.56 Å². The highest BCUT2D eigenvalue weighted by molar-refractivity contribution is 7.89. The first kappa shape index (κ1) is 24.3. The number of Topliss-reactive ketones (excluding diaryl/α,β-unsaturated/α-hetero) is 1. The lowest BCUT2D eigenvalue weighted by Crippen LogP contribution is -2.28. The van der Waals surface area contributed by atoms with Crippen LogP contribution in [0.2, 0.25) is 10.0 Å². The number of ketones is 1. The molecule has 1 N–H and O–H groups in total. The van der Waals surface area contributed by atoms with Crippen LogP contribution in [0.1, 0.15) is 45.7 Å². The Labute approximate surface area is 186 Å². The van der Waals surface area contributed by atoms with Crippen LogP contribution in [0.5, 0.6) is 0 Å². The smallest absolute Gasteiger partial charge is 0.340 e. The molecule has 6 nitrogen and oxygen atoms in total. The fourth-order valence-corrected chi connectivity index (χ4v) is 4.63. The third kappa shape index (κ3) is 6.04. The second-order valence-electron chi connectivity index (χ2n) is 7.33. The number of hydrogen-bond donors (Lipinski definition) is 1. The Morgan fingerprint density at radius 3 is 2.33 bits per heavy atom. The van der Waals surface area contributed by atoms with E-state index in [2.05, 4.69) is 4.72 Å². The summed E-state index contributed by atoms with van der Waals surface area (Å²) in [4.78, 5) is 24.6. The van der Waals surface area contributed by atoms with Gasteiger partial charge in [-0.15, -0.1) is 0 Å². The van der Waals surface area contributed by atoms with Gasteiger partial charge in [0.05, 0.1) is 15.6 Å². The highest BCUT2D eigenvalue weighted by Crippen LogP contribution is 2.29. The van der Waals surface area contributed by atoms with E-state index >= 15 is 0 Å². The number of esters is 1. The lowest BCUT2D eigenvalue weighted by atomic mass is 10.0. The summed E-state index contributed by atoms with van der Waals surface area (Å²) in [6, 6.07) is 7.61. The van der Waals surface area contributed by atoms with Crippen molar-refractivity contribution in [3.63, 3.8) is 0 Å². The zero-order chi connectivity index (χ0) is 22.6. The Balaban J connectivity index is 2.23. The van der Waals surface area contributed by atoms with Crippen LogP contribution in [0.15, 0.2) is 35.2 Å². The van der Waals surface area contributed by atoms with Gasteiger partial charge in [0.1, 0.15) is 4.90 Å². The van der Waals surface area contributed by atoms with Crippen molar-refractivity contribution in [3.8, 4) is 0 Å². The quantitative estimate of drug-likeness (QED) is 0.449. The molecule has 0 atom stereocenters. The van der Waals surface area contributed by atoms with Crippen LogP contribution in [0.3, 0.4) is 0 Å². The molecule has 30 heavy (non-hydrogen) atoms. The molecule has 0 fully saturated rings. The summed E-state index contributed by atoms with van der Waals surface area (Å²) >= 11 is 12.1. The van der Waals surface area contributed by atoms with Crippen molar-refractivity contribution in [3.05, 3.63) is 62.6 Å². The van der Waals surface area contributed by atoms with Gasteiger partial charge in [-0.1, -0.05) is 54.7 Å². The molecule has 0 aromatic heterocycles. The highest BCUT2D eigenvalue weighted by atomic mass is 35.5. The van der Waals surface area contributed by atoms with Gasteiger partial charge in [0.15, 0.2) is 6.61 Å². The van der Waals surface area contributed by atoms with Gasteiger partial charge in [0.25, 0.3) is 0 Å². The van der Waals surface area contributed by atoms with Crippen molar-refractivity contribution in [2.45, 2.75) is 32.6 Å². The van der Waals surface area contributed by atoms with Gasteiger partial charge < -0.3 is 4.74 Å².